The molecule has 0 saturated heterocycles. The highest BCUT2D eigenvalue weighted by atomic mass is 16.2. The summed E-state index contributed by atoms with van der Waals surface area (Å²) in [4.78, 5) is 23.5. The monoisotopic (exact) mass is 271 g/mol. The molecule has 20 heavy (non-hydrogen) atoms. The molecule has 0 aliphatic carbocycles. The Balaban J connectivity index is 2.79. The zero-order valence-corrected chi connectivity index (χ0v) is 11.3. The van der Waals surface area contributed by atoms with E-state index in [1.807, 2.05) is 36.4 Å². The number of nitrogens with one attached hydrogen (secondary N) is 2. The van der Waals surface area contributed by atoms with E-state index in [2.05, 4.69) is 17.2 Å². The van der Waals surface area contributed by atoms with E-state index in [4.69, 9.17) is 5.26 Å². The molecule has 2 atom stereocenters. The lowest BCUT2D eigenvalue weighted by Crippen LogP contribution is -2.49. The van der Waals surface area contributed by atoms with Gasteiger partial charge in [-0.05, 0) is 18.6 Å². The molecule has 2 amide bonds. The van der Waals surface area contributed by atoms with Crippen molar-refractivity contribution in [3.8, 4) is 6.07 Å². The first kappa shape index (κ1) is 15.4. The number of hydrogen-bond acceptors (Lipinski definition) is 3. The highest BCUT2D eigenvalue weighted by molar-refractivity contribution is 5.92. The Morgan fingerprint density at radius 2 is 2.00 bits per heavy atom. The van der Waals surface area contributed by atoms with Gasteiger partial charge in [0.1, 0.15) is 12.1 Å². The topological polar surface area (TPSA) is 82.0 Å². The third-order valence-corrected chi connectivity index (χ3v) is 2.65. The minimum absolute atomic E-state index is 0.352. The molecule has 0 radical (unpaired) electrons. The largest absolute Gasteiger partial charge is 0.340 e. The van der Waals surface area contributed by atoms with Gasteiger partial charge >= 0.3 is 0 Å². The highest BCUT2D eigenvalue weighted by Crippen LogP contribution is 2.04. The molecule has 2 unspecified atom stereocenters. The van der Waals surface area contributed by atoms with Crippen LogP contribution in [-0.4, -0.2) is 23.9 Å². The number of rotatable bonds is 6. The predicted octanol–water partition coefficient (Wildman–Crippen LogP) is 0.928. The quantitative estimate of drug-likeness (QED) is 0.755. The summed E-state index contributed by atoms with van der Waals surface area (Å²) in [5.74, 6) is -0.816. The molecule has 0 bridgehead atoms. The van der Waals surface area contributed by atoms with Gasteiger partial charge in [0.15, 0.2) is 0 Å². The van der Waals surface area contributed by atoms with Gasteiger partial charge in [0.2, 0.25) is 11.8 Å². The number of benzene rings is 1. The van der Waals surface area contributed by atoms with E-state index in [0.29, 0.717) is 6.42 Å². The van der Waals surface area contributed by atoms with Crippen molar-refractivity contribution in [1.29, 1.82) is 5.26 Å². The van der Waals surface area contributed by atoms with Gasteiger partial charge in [0.05, 0.1) is 6.07 Å². The Morgan fingerprint density at radius 3 is 2.55 bits per heavy atom. The molecular formula is C15H17N3O2. The summed E-state index contributed by atoms with van der Waals surface area (Å²) < 4.78 is 0. The Morgan fingerprint density at radius 1 is 1.35 bits per heavy atom. The van der Waals surface area contributed by atoms with Gasteiger partial charge < -0.3 is 10.6 Å². The van der Waals surface area contributed by atoms with Gasteiger partial charge in [-0.2, -0.15) is 5.26 Å². The van der Waals surface area contributed by atoms with Gasteiger partial charge in [-0.3, -0.25) is 9.59 Å². The SMILES string of the molecule is C=CC(=O)NC(Cc1ccccc1)C(=O)NC(C)C#N. The standard InChI is InChI=1S/C15H17N3O2/c1-3-14(19)18-13(15(20)17-11(2)10-16)9-12-7-5-4-6-8-12/h3-8,11,13H,1,9H2,2H3,(H,17,20)(H,18,19). The average Bonchev–Trinajstić information content (AvgIpc) is 2.47. The fourth-order valence-corrected chi connectivity index (χ4v) is 1.64. The van der Waals surface area contributed by atoms with Crippen molar-refractivity contribution in [1.82, 2.24) is 10.6 Å². The van der Waals surface area contributed by atoms with Gasteiger partial charge in [-0.1, -0.05) is 36.9 Å². The van der Waals surface area contributed by atoms with Crippen LogP contribution in [0, 0.1) is 11.3 Å². The van der Waals surface area contributed by atoms with E-state index in [-0.39, 0.29) is 0 Å². The first-order valence-electron chi connectivity index (χ1n) is 6.23. The maximum Gasteiger partial charge on any atom is 0.244 e. The molecule has 0 aromatic heterocycles. The molecule has 0 aliphatic rings. The second-order valence-electron chi connectivity index (χ2n) is 4.31. The highest BCUT2D eigenvalue weighted by Gasteiger charge is 2.21. The molecular weight excluding hydrogens is 254 g/mol. The Kier molecular flexibility index (Phi) is 5.98. The molecule has 1 aromatic carbocycles. The fraction of sp³-hybridized carbons (Fsp3) is 0.267. The van der Waals surface area contributed by atoms with Crippen LogP contribution in [0.4, 0.5) is 0 Å². The summed E-state index contributed by atoms with van der Waals surface area (Å²) in [6.45, 7) is 4.94. The van der Waals surface area contributed by atoms with E-state index in [9.17, 15) is 9.59 Å². The van der Waals surface area contributed by atoms with Crippen molar-refractivity contribution in [2.75, 3.05) is 0 Å². The van der Waals surface area contributed by atoms with Crippen molar-refractivity contribution in [3.63, 3.8) is 0 Å². The van der Waals surface area contributed by atoms with Crippen molar-refractivity contribution >= 4 is 11.8 Å². The number of nitrogens with zero attached hydrogens (tertiary/aromatic N) is 1. The van der Waals surface area contributed by atoms with Gasteiger partial charge in [-0.25, -0.2) is 0 Å². The zero-order valence-electron chi connectivity index (χ0n) is 11.3. The molecule has 5 nitrogen and oxygen atoms in total. The van der Waals surface area contributed by atoms with E-state index in [1.54, 1.807) is 6.92 Å². The molecule has 1 aromatic rings. The van der Waals surface area contributed by atoms with E-state index < -0.39 is 23.9 Å². The fourth-order valence-electron chi connectivity index (χ4n) is 1.64. The van der Waals surface area contributed by atoms with Crippen molar-refractivity contribution in [2.45, 2.75) is 25.4 Å². The average molecular weight is 271 g/mol. The van der Waals surface area contributed by atoms with Gasteiger partial charge in [-0.15, -0.1) is 0 Å². The Bertz CT molecular complexity index is 520. The molecule has 0 fully saturated rings. The van der Waals surface area contributed by atoms with Crippen LogP contribution in [0.15, 0.2) is 43.0 Å². The summed E-state index contributed by atoms with van der Waals surface area (Å²) in [5.41, 5.74) is 0.918. The van der Waals surface area contributed by atoms with Crippen LogP contribution in [0.25, 0.3) is 0 Å². The van der Waals surface area contributed by atoms with Crippen LogP contribution >= 0.6 is 0 Å². The second kappa shape index (κ2) is 7.74. The molecule has 0 aliphatic heterocycles. The molecule has 0 heterocycles. The summed E-state index contributed by atoms with van der Waals surface area (Å²) in [5, 5.41) is 13.8. The minimum Gasteiger partial charge on any atom is -0.340 e. The smallest absolute Gasteiger partial charge is 0.244 e. The zero-order chi connectivity index (χ0) is 15.0. The van der Waals surface area contributed by atoms with Crippen molar-refractivity contribution in [3.05, 3.63) is 48.6 Å². The summed E-state index contributed by atoms with van der Waals surface area (Å²) in [6, 6.07) is 9.90. The Labute approximate surface area is 118 Å². The minimum atomic E-state index is -0.737. The summed E-state index contributed by atoms with van der Waals surface area (Å²) in [7, 11) is 0. The van der Waals surface area contributed by atoms with Crippen LogP contribution in [0.1, 0.15) is 12.5 Å². The number of nitriles is 1. The molecule has 104 valence electrons. The van der Waals surface area contributed by atoms with E-state index in [1.165, 1.54) is 0 Å². The summed E-state index contributed by atoms with van der Waals surface area (Å²) in [6.07, 6.45) is 1.46. The number of carbonyl (C=O) groups is 2. The lowest BCUT2D eigenvalue weighted by Gasteiger charge is -2.18. The number of hydrogen-bond donors (Lipinski definition) is 2. The maximum atomic E-state index is 12.1. The lowest BCUT2D eigenvalue weighted by molar-refractivity contribution is -0.127. The molecule has 5 heteroatoms. The molecule has 2 N–H and O–H groups in total. The van der Waals surface area contributed by atoms with Crippen LogP contribution in [0.2, 0.25) is 0 Å². The first-order chi connectivity index (χ1) is 9.56. The van der Waals surface area contributed by atoms with Crippen LogP contribution in [0.3, 0.4) is 0 Å². The lowest BCUT2D eigenvalue weighted by atomic mass is 10.0. The third-order valence-electron chi connectivity index (χ3n) is 2.65. The molecule has 0 spiro atoms. The van der Waals surface area contributed by atoms with E-state index in [0.717, 1.165) is 11.6 Å². The van der Waals surface area contributed by atoms with Gasteiger partial charge in [0.25, 0.3) is 0 Å². The maximum absolute atomic E-state index is 12.1. The third kappa shape index (κ3) is 4.94. The first-order valence-corrected chi connectivity index (χ1v) is 6.23. The Hall–Kier alpha value is -2.61. The van der Waals surface area contributed by atoms with Crippen molar-refractivity contribution < 1.29 is 9.59 Å². The van der Waals surface area contributed by atoms with E-state index >= 15 is 0 Å². The normalized spacial score (nSPS) is 12.6. The summed E-state index contributed by atoms with van der Waals surface area (Å²) >= 11 is 0. The van der Waals surface area contributed by atoms with Gasteiger partial charge in [0, 0.05) is 6.42 Å². The number of amides is 2. The van der Waals surface area contributed by atoms with Crippen LogP contribution in [-0.2, 0) is 16.0 Å². The van der Waals surface area contributed by atoms with Crippen LogP contribution in [0.5, 0.6) is 0 Å². The second-order valence-corrected chi connectivity index (χ2v) is 4.31. The van der Waals surface area contributed by atoms with Crippen molar-refractivity contribution in [2.24, 2.45) is 0 Å². The van der Waals surface area contributed by atoms with Crippen LogP contribution < -0.4 is 10.6 Å². The number of carbonyl (C=O) groups excluding carboxylic acids is 2. The predicted molar refractivity (Wildman–Crippen MR) is 75.5 cm³/mol. The molecule has 1 rings (SSSR count). The molecule has 0 saturated carbocycles.